The number of nitrogens with one attached hydrogen (secondary N) is 1. The highest BCUT2D eigenvalue weighted by molar-refractivity contribution is 5.60. The fourth-order valence-electron chi connectivity index (χ4n) is 2.09. The largest absolute Gasteiger partial charge is 0.494 e. The number of aromatic nitrogens is 1. The maximum absolute atomic E-state index is 5.46. The molecule has 0 saturated heterocycles. The van der Waals surface area contributed by atoms with E-state index in [1.54, 1.807) is 0 Å². The summed E-state index contributed by atoms with van der Waals surface area (Å²) in [5.74, 6) is 0.900. The van der Waals surface area contributed by atoms with Gasteiger partial charge in [-0.3, -0.25) is 4.98 Å². The highest BCUT2D eigenvalue weighted by atomic mass is 16.5. The van der Waals surface area contributed by atoms with Crippen molar-refractivity contribution in [3.63, 3.8) is 0 Å². The highest BCUT2D eigenvalue weighted by Crippen LogP contribution is 2.22. The number of pyridine rings is 1. The summed E-state index contributed by atoms with van der Waals surface area (Å²) in [4.78, 5) is 4.69. The number of hydrogen-bond acceptors (Lipinski definition) is 3. The average Bonchev–Trinajstić information content (AvgIpc) is 2.47. The van der Waals surface area contributed by atoms with Crippen molar-refractivity contribution in [2.45, 2.75) is 27.3 Å². The molecule has 0 spiro atoms. The van der Waals surface area contributed by atoms with Crippen molar-refractivity contribution in [2.24, 2.45) is 0 Å². The monoisotopic (exact) mass is 270 g/mol. The van der Waals surface area contributed by atoms with Crippen LogP contribution in [0.15, 0.2) is 36.4 Å². The fourth-order valence-corrected chi connectivity index (χ4v) is 2.09. The zero-order valence-corrected chi connectivity index (χ0v) is 12.4. The Bertz CT molecular complexity index is 549. The molecule has 0 fully saturated rings. The molecule has 1 N–H and O–H groups in total. The predicted octanol–water partition coefficient (Wildman–Crippen LogP) is 3.57. The Kier molecular flexibility index (Phi) is 5.13. The first-order valence-electron chi connectivity index (χ1n) is 7.15. The van der Waals surface area contributed by atoms with E-state index in [9.17, 15) is 0 Å². The first kappa shape index (κ1) is 14.5. The summed E-state index contributed by atoms with van der Waals surface area (Å²) in [6.45, 7) is 8.69. The average molecular weight is 270 g/mol. The quantitative estimate of drug-likeness (QED) is 0.871. The van der Waals surface area contributed by atoms with Gasteiger partial charge in [-0.2, -0.15) is 0 Å². The second kappa shape index (κ2) is 7.06. The van der Waals surface area contributed by atoms with Gasteiger partial charge in [0.05, 0.1) is 12.3 Å². The van der Waals surface area contributed by atoms with Gasteiger partial charge in [-0.05, 0) is 56.3 Å². The first-order valence-corrected chi connectivity index (χ1v) is 7.15. The van der Waals surface area contributed by atoms with Crippen molar-refractivity contribution in [3.8, 4) is 17.0 Å². The lowest BCUT2D eigenvalue weighted by atomic mass is 10.1. The second-order valence-corrected chi connectivity index (χ2v) is 4.68. The van der Waals surface area contributed by atoms with E-state index in [2.05, 4.69) is 43.4 Å². The third kappa shape index (κ3) is 3.58. The summed E-state index contributed by atoms with van der Waals surface area (Å²) >= 11 is 0. The standard InChI is InChI=1S/C17H22N2O/c1-4-18-12-15-8-11-17(19-13(15)3)14-6-9-16(10-7-14)20-5-2/h6-11,18H,4-5,12H2,1-3H3. The topological polar surface area (TPSA) is 34.1 Å². The number of ether oxygens (including phenoxy) is 1. The van der Waals surface area contributed by atoms with Gasteiger partial charge in [-0.25, -0.2) is 0 Å². The molecule has 2 aromatic rings. The molecule has 0 saturated carbocycles. The fraction of sp³-hybridized carbons (Fsp3) is 0.353. The SMILES string of the molecule is CCNCc1ccc(-c2ccc(OCC)cc2)nc1C. The third-order valence-electron chi connectivity index (χ3n) is 3.22. The molecule has 0 amide bonds. The zero-order chi connectivity index (χ0) is 14.4. The summed E-state index contributed by atoms with van der Waals surface area (Å²) < 4.78 is 5.46. The molecule has 0 aliphatic carbocycles. The van der Waals surface area contributed by atoms with E-state index in [-0.39, 0.29) is 0 Å². The smallest absolute Gasteiger partial charge is 0.119 e. The molecular formula is C17H22N2O. The Hall–Kier alpha value is -1.87. The van der Waals surface area contributed by atoms with Gasteiger partial charge >= 0.3 is 0 Å². The van der Waals surface area contributed by atoms with Crippen molar-refractivity contribution in [2.75, 3.05) is 13.2 Å². The van der Waals surface area contributed by atoms with Crippen LogP contribution in [0.1, 0.15) is 25.1 Å². The maximum atomic E-state index is 5.46. The predicted molar refractivity (Wildman–Crippen MR) is 83.0 cm³/mol. The minimum Gasteiger partial charge on any atom is -0.494 e. The molecular weight excluding hydrogens is 248 g/mol. The first-order chi connectivity index (χ1) is 9.74. The molecule has 3 heteroatoms. The van der Waals surface area contributed by atoms with Gasteiger partial charge in [0.1, 0.15) is 5.75 Å². The molecule has 106 valence electrons. The molecule has 0 bridgehead atoms. The number of hydrogen-bond donors (Lipinski definition) is 1. The lowest BCUT2D eigenvalue weighted by Gasteiger charge is -2.09. The Morgan fingerprint density at radius 1 is 1.05 bits per heavy atom. The number of rotatable bonds is 6. The normalized spacial score (nSPS) is 10.6. The minimum atomic E-state index is 0.690. The lowest BCUT2D eigenvalue weighted by molar-refractivity contribution is 0.340. The van der Waals surface area contributed by atoms with Crippen LogP contribution >= 0.6 is 0 Å². The van der Waals surface area contributed by atoms with Crippen molar-refractivity contribution >= 4 is 0 Å². The summed E-state index contributed by atoms with van der Waals surface area (Å²) in [5.41, 5.74) is 4.45. The molecule has 1 aromatic carbocycles. The minimum absolute atomic E-state index is 0.690. The van der Waals surface area contributed by atoms with Gasteiger partial charge < -0.3 is 10.1 Å². The molecule has 0 aliphatic rings. The van der Waals surface area contributed by atoms with Crippen LogP contribution in [0.5, 0.6) is 5.75 Å². The Morgan fingerprint density at radius 3 is 2.40 bits per heavy atom. The lowest BCUT2D eigenvalue weighted by Crippen LogP contribution is -2.13. The molecule has 3 nitrogen and oxygen atoms in total. The number of nitrogens with zero attached hydrogens (tertiary/aromatic N) is 1. The molecule has 0 aliphatic heterocycles. The van der Waals surface area contributed by atoms with Crippen molar-refractivity contribution in [1.82, 2.24) is 10.3 Å². The van der Waals surface area contributed by atoms with Crippen molar-refractivity contribution in [1.29, 1.82) is 0 Å². The van der Waals surface area contributed by atoms with E-state index >= 15 is 0 Å². The van der Waals surface area contributed by atoms with Crippen LogP contribution in [0.2, 0.25) is 0 Å². The third-order valence-corrected chi connectivity index (χ3v) is 3.22. The summed E-state index contributed by atoms with van der Waals surface area (Å²) in [5, 5.41) is 3.33. The number of benzene rings is 1. The van der Waals surface area contributed by atoms with Crippen LogP contribution in [0.4, 0.5) is 0 Å². The van der Waals surface area contributed by atoms with Gasteiger partial charge in [0.15, 0.2) is 0 Å². The van der Waals surface area contributed by atoms with Crippen molar-refractivity contribution in [3.05, 3.63) is 47.7 Å². The maximum Gasteiger partial charge on any atom is 0.119 e. The van der Waals surface area contributed by atoms with Crippen LogP contribution in [0, 0.1) is 6.92 Å². The van der Waals surface area contributed by atoms with Gasteiger partial charge in [0, 0.05) is 17.8 Å². The highest BCUT2D eigenvalue weighted by Gasteiger charge is 2.04. The van der Waals surface area contributed by atoms with Crippen LogP contribution in [0.25, 0.3) is 11.3 Å². The summed E-state index contributed by atoms with van der Waals surface area (Å²) in [6, 6.07) is 12.3. The second-order valence-electron chi connectivity index (χ2n) is 4.68. The molecule has 0 atom stereocenters. The van der Waals surface area contributed by atoms with Gasteiger partial charge in [-0.1, -0.05) is 13.0 Å². The molecule has 0 radical (unpaired) electrons. The van der Waals surface area contributed by atoms with Crippen LogP contribution in [-0.4, -0.2) is 18.1 Å². The Labute approximate surface area is 121 Å². The summed E-state index contributed by atoms with van der Waals surface area (Å²) in [7, 11) is 0. The van der Waals surface area contributed by atoms with Crippen LogP contribution < -0.4 is 10.1 Å². The van der Waals surface area contributed by atoms with E-state index in [1.165, 1.54) is 5.56 Å². The molecule has 1 aromatic heterocycles. The van der Waals surface area contributed by atoms with Gasteiger partial charge in [-0.15, -0.1) is 0 Å². The molecule has 20 heavy (non-hydrogen) atoms. The van der Waals surface area contributed by atoms with E-state index in [0.29, 0.717) is 6.61 Å². The molecule has 1 heterocycles. The van der Waals surface area contributed by atoms with Crippen LogP contribution in [-0.2, 0) is 6.54 Å². The summed E-state index contributed by atoms with van der Waals surface area (Å²) in [6.07, 6.45) is 0. The molecule has 2 rings (SSSR count). The van der Waals surface area contributed by atoms with E-state index < -0.39 is 0 Å². The zero-order valence-electron chi connectivity index (χ0n) is 12.4. The van der Waals surface area contributed by atoms with Crippen molar-refractivity contribution < 1.29 is 4.74 Å². The number of aryl methyl sites for hydroxylation is 1. The van der Waals surface area contributed by atoms with Gasteiger partial charge in [0.25, 0.3) is 0 Å². The van der Waals surface area contributed by atoms with E-state index in [1.807, 2.05) is 19.1 Å². The Morgan fingerprint density at radius 2 is 1.80 bits per heavy atom. The van der Waals surface area contributed by atoms with Crippen LogP contribution in [0.3, 0.4) is 0 Å². The van der Waals surface area contributed by atoms with E-state index in [4.69, 9.17) is 9.72 Å². The Balaban J connectivity index is 2.18. The molecule has 0 unspecified atom stereocenters. The van der Waals surface area contributed by atoms with Gasteiger partial charge in [0.2, 0.25) is 0 Å². The van der Waals surface area contributed by atoms with E-state index in [0.717, 1.165) is 35.8 Å².